The molecule has 0 unspecified atom stereocenters. The maximum Gasteiger partial charge on any atom is 0.256 e. The zero-order valence-electron chi connectivity index (χ0n) is 10.2. The van der Waals surface area contributed by atoms with Crippen LogP contribution >= 0.6 is 34.9 Å². The van der Waals surface area contributed by atoms with E-state index in [-0.39, 0.29) is 5.95 Å². The van der Waals surface area contributed by atoms with Crippen LogP contribution in [-0.2, 0) is 0 Å². The summed E-state index contributed by atoms with van der Waals surface area (Å²) in [7, 11) is 0. The number of nitrogens with zero attached hydrogens (tertiary/aromatic N) is 7. The molecule has 0 amide bonds. The largest absolute Gasteiger partial charge is 0.368 e. The lowest BCUT2D eigenvalue weighted by Gasteiger charge is -2.02. The zero-order chi connectivity index (χ0) is 13.9. The van der Waals surface area contributed by atoms with Crippen molar-refractivity contribution in [1.29, 1.82) is 0 Å². The number of nitrogen functional groups attached to an aromatic ring is 1. The van der Waals surface area contributed by atoms with Crippen molar-refractivity contribution in [2.24, 2.45) is 0 Å². The molecule has 3 rings (SSSR count). The van der Waals surface area contributed by atoms with Gasteiger partial charge in [-0.05, 0) is 24.1 Å². The molecule has 0 radical (unpaired) electrons. The van der Waals surface area contributed by atoms with Crippen molar-refractivity contribution in [3.63, 3.8) is 0 Å². The van der Waals surface area contributed by atoms with Gasteiger partial charge in [-0.2, -0.15) is 20.1 Å². The number of nitrogens with two attached hydrogens (primary N) is 1. The zero-order valence-corrected chi connectivity index (χ0v) is 12.6. The van der Waals surface area contributed by atoms with Gasteiger partial charge in [0.15, 0.2) is 8.68 Å². The Kier molecular flexibility index (Phi) is 3.80. The predicted molar refractivity (Wildman–Crippen MR) is 77.2 cm³/mol. The van der Waals surface area contributed by atoms with E-state index in [1.54, 1.807) is 30.2 Å². The molecular formula is C9H8N8S3. The fourth-order valence-electron chi connectivity index (χ4n) is 1.30. The summed E-state index contributed by atoms with van der Waals surface area (Å²) in [4.78, 5) is 12.4. The van der Waals surface area contributed by atoms with E-state index >= 15 is 0 Å². The van der Waals surface area contributed by atoms with Crippen molar-refractivity contribution in [3.8, 4) is 5.95 Å². The second-order valence-corrected chi connectivity index (χ2v) is 6.61. The third kappa shape index (κ3) is 2.89. The van der Waals surface area contributed by atoms with Crippen molar-refractivity contribution in [2.75, 3.05) is 12.0 Å². The monoisotopic (exact) mass is 324 g/mol. The first kappa shape index (κ1) is 13.3. The second-order valence-electron chi connectivity index (χ2n) is 3.37. The standard InChI is InChI=1S/C9H8N8S3/c1-18-8-15-16-9(20-8)19-7-13-5(10)12-6(14-7)17-4-2-3-11-17/h2-4H,1H3,(H2,10,12,13,14). The van der Waals surface area contributed by atoms with Crippen LogP contribution in [-0.4, -0.2) is 41.2 Å². The van der Waals surface area contributed by atoms with Gasteiger partial charge in [-0.1, -0.05) is 23.1 Å². The third-order valence-electron chi connectivity index (χ3n) is 2.07. The van der Waals surface area contributed by atoms with Crippen molar-refractivity contribution in [1.82, 2.24) is 34.9 Å². The Morgan fingerprint density at radius 1 is 1.20 bits per heavy atom. The van der Waals surface area contributed by atoms with Gasteiger partial charge in [0.25, 0.3) is 5.95 Å². The molecule has 8 nitrogen and oxygen atoms in total. The number of rotatable bonds is 4. The van der Waals surface area contributed by atoms with Crippen LogP contribution in [0.2, 0.25) is 0 Å². The molecule has 0 fully saturated rings. The smallest absolute Gasteiger partial charge is 0.256 e. The van der Waals surface area contributed by atoms with Gasteiger partial charge in [0, 0.05) is 12.4 Å². The van der Waals surface area contributed by atoms with Crippen LogP contribution in [0.15, 0.2) is 32.3 Å². The molecule has 102 valence electrons. The van der Waals surface area contributed by atoms with E-state index in [9.17, 15) is 0 Å². The van der Waals surface area contributed by atoms with E-state index in [4.69, 9.17) is 5.73 Å². The second kappa shape index (κ2) is 5.73. The average Bonchev–Trinajstić information content (AvgIpc) is 3.09. The highest BCUT2D eigenvalue weighted by Crippen LogP contribution is 2.31. The van der Waals surface area contributed by atoms with E-state index in [0.29, 0.717) is 11.1 Å². The van der Waals surface area contributed by atoms with Crippen LogP contribution in [0.25, 0.3) is 5.95 Å². The molecule has 0 aromatic carbocycles. The Bertz CT molecular complexity index is 710. The molecule has 11 heteroatoms. The van der Waals surface area contributed by atoms with Crippen LogP contribution in [0.5, 0.6) is 0 Å². The SMILES string of the molecule is CSc1nnc(Sc2nc(N)nc(-n3cccn3)n2)s1. The van der Waals surface area contributed by atoms with Crippen molar-refractivity contribution >= 4 is 40.8 Å². The van der Waals surface area contributed by atoms with Crippen LogP contribution in [0.4, 0.5) is 5.95 Å². The minimum Gasteiger partial charge on any atom is -0.368 e. The van der Waals surface area contributed by atoms with E-state index in [1.165, 1.54) is 27.8 Å². The van der Waals surface area contributed by atoms with Gasteiger partial charge < -0.3 is 5.73 Å². The summed E-state index contributed by atoms with van der Waals surface area (Å²) in [5.41, 5.74) is 5.70. The van der Waals surface area contributed by atoms with Gasteiger partial charge in [-0.15, -0.1) is 10.2 Å². The topological polar surface area (TPSA) is 108 Å². The normalized spacial score (nSPS) is 10.8. The summed E-state index contributed by atoms with van der Waals surface area (Å²) >= 11 is 4.32. The van der Waals surface area contributed by atoms with Gasteiger partial charge in [0.2, 0.25) is 11.1 Å². The molecule has 0 saturated heterocycles. The van der Waals surface area contributed by atoms with Gasteiger partial charge >= 0.3 is 0 Å². The summed E-state index contributed by atoms with van der Waals surface area (Å²) in [6, 6.07) is 1.78. The fourth-order valence-corrected chi connectivity index (χ4v) is 3.59. The van der Waals surface area contributed by atoms with E-state index in [1.807, 2.05) is 6.26 Å². The molecule has 0 aliphatic rings. The maximum atomic E-state index is 5.70. The van der Waals surface area contributed by atoms with E-state index in [0.717, 1.165) is 8.68 Å². The summed E-state index contributed by atoms with van der Waals surface area (Å²) in [6.07, 6.45) is 5.33. The highest BCUT2D eigenvalue weighted by atomic mass is 32.2. The Hall–Kier alpha value is -1.72. The molecule has 3 heterocycles. The first-order valence-corrected chi connectivity index (χ1v) is 8.17. The number of hydrogen-bond donors (Lipinski definition) is 1. The fraction of sp³-hybridized carbons (Fsp3) is 0.111. The van der Waals surface area contributed by atoms with Gasteiger partial charge in [0.05, 0.1) is 0 Å². The molecule has 3 aromatic heterocycles. The quantitative estimate of drug-likeness (QED) is 0.711. The van der Waals surface area contributed by atoms with Gasteiger partial charge in [-0.3, -0.25) is 0 Å². The summed E-state index contributed by atoms with van der Waals surface area (Å²) in [5.74, 6) is 0.516. The van der Waals surface area contributed by atoms with Crippen LogP contribution in [0.3, 0.4) is 0 Å². The Morgan fingerprint density at radius 2 is 2.05 bits per heavy atom. The minimum absolute atomic E-state index is 0.141. The number of thioether (sulfide) groups is 1. The molecule has 0 aliphatic heterocycles. The number of hydrogen-bond acceptors (Lipinski definition) is 10. The molecular weight excluding hydrogens is 316 g/mol. The van der Waals surface area contributed by atoms with Crippen molar-refractivity contribution < 1.29 is 0 Å². The van der Waals surface area contributed by atoms with Crippen LogP contribution < -0.4 is 5.73 Å². The first-order chi connectivity index (χ1) is 9.74. The predicted octanol–water partition coefficient (Wildman–Crippen LogP) is 1.36. The van der Waals surface area contributed by atoms with Crippen molar-refractivity contribution in [3.05, 3.63) is 18.5 Å². The molecule has 0 atom stereocenters. The Morgan fingerprint density at radius 3 is 2.75 bits per heavy atom. The lowest BCUT2D eigenvalue weighted by molar-refractivity contribution is 0.764. The molecule has 3 aromatic rings. The van der Waals surface area contributed by atoms with Crippen LogP contribution in [0.1, 0.15) is 0 Å². The third-order valence-corrected chi connectivity index (χ3v) is 4.89. The average molecular weight is 324 g/mol. The van der Waals surface area contributed by atoms with Crippen molar-refractivity contribution in [2.45, 2.75) is 13.8 Å². The molecule has 0 aliphatic carbocycles. The maximum absolute atomic E-state index is 5.70. The molecule has 0 saturated carbocycles. The lowest BCUT2D eigenvalue weighted by Crippen LogP contribution is -2.07. The van der Waals surface area contributed by atoms with Gasteiger partial charge in [-0.25, -0.2) is 4.68 Å². The summed E-state index contributed by atoms with van der Waals surface area (Å²) in [6.45, 7) is 0. The molecule has 2 N–H and O–H groups in total. The highest BCUT2D eigenvalue weighted by Gasteiger charge is 2.11. The Labute approximate surface area is 126 Å². The lowest BCUT2D eigenvalue weighted by atomic mass is 10.7. The highest BCUT2D eigenvalue weighted by molar-refractivity contribution is 8.02. The van der Waals surface area contributed by atoms with Gasteiger partial charge in [0.1, 0.15) is 0 Å². The minimum atomic E-state index is 0.141. The summed E-state index contributed by atoms with van der Waals surface area (Å²) < 4.78 is 3.17. The van der Waals surface area contributed by atoms with Crippen LogP contribution in [0, 0.1) is 0 Å². The number of aromatic nitrogens is 7. The summed E-state index contributed by atoms with van der Waals surface area (Å²) in [5, 5.41) is 12.6. The van der Waals surface area contributed by atoms with E-state index < -0.39 is 0 Å². The number of anilines is 1. The molecule has 0 spiro atoms. The molecule has 0 bridgehead atoms. The molecule has 20 heavy (non-hydrogen) atoms. The van der Waals surface area contributed by atoms with E-state index in [2.05, 4.69) is 30.2 Å². The first-order valence-electron chi connectivity index (χ1n) is 5.31. The Balaban J connectivity index is 1.90.